The summed E-state index contributed by atoms with van der Waals surface area (Å²) >= 11 is 0. The maximum Gasteiger partial charge on any atom is 0.416 e. The predicted molar refractivity (Wildman–Crippen MR) is 149 cm³/mol. The quantitative estimate of drug-likeness (QED) is 0.417. The van der Waals surface area contributed by atoms with Gasteiger partial charge >= 0.3 is 6.18 Å². The first-order valence-electron chi connectivity index (χ1n) is 13.6. The van der Waals surface area contributed by atoms with Gasteiger partial charge in [-0.05, 0) is 51.2 Å². The number of halogens is 5. The number of hydrogen-bond donors (Lipinski definition) is 1. The summed E-state index contributed by atoms with van der Waals surface area (Å²) < 4.78 is 75.1. The molecule has 2 atom stereocenters. The smallest absolute Gasteiger partial charge is 0.378 e. The van der Waals surface area contributed by atoms with Crippen molar-refractivity contribution < 1.29 is 31.5 Å². The molecule has 0 saturated carbocycles. The highest BCUT2D eigenvalue weighted by Crippen LogP contribution is 2.37. The van der Waals surface area contributed by atoms with Crippen molar-refractivity contribution in [3.63, 3.8) is 0 Å². The van der Waals surface area contributed by atoms with Gasteiger partial charge < -0.3 is 19.9 Å². The van der Waals surface area contributed by atoms with Gasteiger partial charge in [0.2, 0.25) is 5.95 Å². The molecule has 3 aromatic rings. The third-order valence-electron chi connectivity index (χ3n) is 7.76. The normalized spacial score (nSPS) is 20.1. The van der Waals surface area contributed by atoms with E-state index in [9.17, 15) is 22.4 Å². The fraction of sp³-hybridized carbons (Fsp3) is 0.414. The molecule has 2 aliphatic rings. The highest BCUT2D eigenvalue weighted by molar-refractivity contribution is 6.06. The Morgan fingerprint density at radius 2 is 1.60 bits per heavy atom. The molecule has 0 radical (unpaired) electrons. The average molecular weight is 591 g/mol. The maximum absolute atomic E-state index is 15.7. The molecule has 42 heavy (non-hydrogen) atoms. The molecule has 0 aliphatic carbocycles. The van der Waals surface area contributed by atoms with Crippen molar-refractivity contribution in [3.05, 3.63) is 65.5 Å². The van der Waals surface area contributed by atoms with Gasteiger partial charge in [-0.25, -0.2) is 18.7 Å². The first kappa shape index (κ1) is 29.6. The topological polar surface area (TPSA) is 73.8 Å². The third-order valence-corrected chi connectivity index (χ3v) is 7.76. The number of alkyl halides is 3. The number of ether oxygens (including phenoxy) is 1. The average Bonchev–Trinajstić information content (AvgIpc) is 2.96. The largest absolute Gasteiger partial charge is 0.416 e. The molecule has 2 fully saturated rings. The Labute approximate surface area is 240 Å². The number of morpholine rings is 1. The van der Waals surface area contributed by atoms with Gasteiger partial charge in [0.25, 0.3) is 5.91 Å². The predicted octanol–water partition coefficient (Wildman–Crippen LogP) is 5.06. The number of rotatable bonds is 5. The van der Waals surface area contributed by atoms with Crippen LogP contribution in [0.2, 0.25) is 0 Å². The molecule has 2 unspecified atom stereocenters. The number of nitrogens with zero attached hydrogens (tertiary/aromatic N) is 5. The number of anilines is 3. The number of hydrogen-bond acceptors (Lipinski definition) is 7. The fourth-order valence-electron chi connectivity index (χ4n) is 5.21. The van der Waals surface area contributed by atoms with Crippen LogP contribution in [0.1, 0.15) is 29.8 Å². The van der Waals surface area contributed by atoms with Crippen LogP contribution in [0.15, 0.2) is 42.7 Å². The molecular weight excluding hydrogens is 559 g/mol. The van der Waals surface area contributed by atoms with E-state index in [0.29, 0.717) is 68.7 Å². The lowest BCUT2D eigenvalue weighted by Crippen LogP contribution is -2.55. The Morgan fingerprint density at radius 1 is 0.952 bits per heavy atom. The zero-order valence-electron chi connectivity index (χ0n) is 23.4. The SMILES string of the molecule is CC1CN(c2cc(F)c(-c3cnc(N4CCOCC4)nc3)cc2NC(=O)c2cc(F)cc(C(F)(F)F)c2)CC(C)N1C. The van der Waals surface area contributed by atoms with E-state index in [1.807, 2.05) is 30.7 Å². The van der Waals surface area contributed by atoms with E-state index < -0.39 is 34.8 Å². The zero-order valence-corrected chi connectivity index (χ0v) is 23.4. The standard InChI is InChI=1S/C29H31F5N6O2/c1-17-15-40(16-18(2)38(17)3)26-12-24(31)23(20-13-35-28(36-14-20)39-4-6-42-7-5-39)11-25(26)37-27(41)19-8-21(29(32,33)34)10-22(30)9-19/h8-14,17-18H,4-7,15-16H2,1-3H3,(H,37,41). The lowest BCUT2D eigenvalue weighted by Gasteiger charge is -2.44. The second kappa shape index (κ2) is 11.8. The summed E-state index contributed by atoms with van der Waals surface area (Å²) in [5.41, 5.74) is -0.848. The van der Waals surface area contributed by atoms with Crippen molar-refractivity contribution in [3.8, 4) is 11.1 Å². The Hall–Kier alpha value is -3.84. The van der Waals surface area contributed by atoms with Crippen molar-refractivity contribution in [2.45, 2.75) is 32.1 Å². The number of nitrogens with one attached hydrogen (secondary N) is 1. The molecule has 2 aromatic carbocycles. The number of likely N-dealkylation sites (N-methyl/N-ethyl adjacent to an activating group) is 1. The van der Waals surface area contributed by atoms with Crippen molar-refractivity contribution in [2.75, 3.05) is 61.6 Å². The highest BCUT2D eigenvalue weighted by atomic mass is 19.4. The van der Waals surface area contributed by atoms with Crippen LogP contribution in [0.4, 0.5) is 39.3 Å². The van der Waals surface area contributed by atoms with Gasteiger partial charge in [-0.2, -0.15) is 13.2 Å². The van der Waals surface area contributed by atoms with E-state index in [4.69, 9.17) is 4.74 Å². The van der Waals surface area contributed by atoms with Gasteiger partial charge in [-0.3, -0.25) is 9.69 Å². The Kier molecular flexibility index (Phi) is 8.33. The Morgan fingerprint density at radius 3 is 2.21 bits per heavy atom. The van der Waals surface area contributed by atoms with Gasteiger partial charge in [0, 0.05) is 67.3 Å². The highest BCUT2D eigenvalue weighted by Gasteiger charge is 2.33. The molecule has 1 amide bonds. The number of carbonyl (C=O) groups excluding carboxylic acids is 1. The summed E-state index contributed by atoms with van der Waals surface area (Å²) in [5, 5.41) is 2.61. The lowest BCUT2D eigenvalue weighted by atomic mass is 10.0. The van der Waals surface area contributed by atoms with Gasteiger partial charge in [0.1, 0.15) is 11.6 Å². The summed E-state index contributed by atoms with van der Waals surface area (Å²) in [6.45, 7) is 7.39. The number of aromatic nitrogens is 2. The Balaban J connectivity index is 1.52. The van der Waals surface area contributed by atoms with Crippen LogP contribution >= 0.6 is 0 Å². The molecule has 3 heterocycles. The van der Waals surface area contributed by atoms with Crippen molar-refractivity contribution in [2.24, 2.45) is 0 Å². The molecule has 1 N–H and O–H groups in total. The molecule has 0 bridgehead atoms. The van der Waals surface area contributed by atoms with Gasteiger partial charge in [0.05, 0.1) is 30.2 Å². The number of benzene rings is 2. The van der Waals surface area contributed by atoms with E-state index >= 15 is 4.39 Å². The van der Waals surface area contributed by atoms with E-state index in [0.717, 1.165) is 6.07 Å². The minimum absolute atomic E-state index is 0.0908. The summed E-state index contributed by atoms with van der Waals surface area (Å²) in [5.74, 6) is -2.28. The lowest BCUT2D eigenvalue weighted by molar-refractivity contribution is -0.137. The molecule has 2 saturated heterocycles. The van der Waals surface area contributed by atoms with Crippen LogP contribution in [0.5, 0.6) is 0 Å². The van der Waals surface area contributed by atoms with E-state index in [-0.39, 0.29) is 23.3 Å². The minimum atomic E-state index is -4.84. The molecule has 5 rings (SSSR count). The third kappa shape index (κ3) is 6.31. The van der Waals surface area contributed by atoms with Gasteiger partial charge in [-0.1, -0.05) is 0 Å². The summed E-state index contributed by atoms with van der Waals surface area (Å²) in [6.07, 6.45) is -1.89. The Bertz CT molecular complexity index is 1430. The second-order valence-electron chi connectivity index (χ2n) is 10.7. The monoisotopic (exact) mass is 590 g/mol. The first-order chi connectivity index (χ1) is 19.9. The van der Waals surface area contributed by atoms with E-state index in [1.165, 1.54) is 24.5 Å². The maximum atomic E-state index is 15.7. The summed E-state index contributed by atoms with van der Waals surface area (Å²) in [7, 11) is 1.99. The number of amides is 1. The van der Waals surface area contributed by atoms with Gasteiger partial charge in [0.15, 0.2) is 0 Å². The van der Waals surface area contributed by atoms with Crippen LogP contribution in [-0.2, 0) is 10.9 Å². The molecule has 1 aromatic heterocycles. The molecule has 8 nitrogen and oxygen atoms in total. The van der Waals surface area contributed by atoms with E-state index in [1.54, 1.807) is 0 Å². The van der Waals surface area contributed by atoms with Crippen molar-refractivity contribution in [1.82, 2.24) is 14.9 Å². The summed E-state index contributed by atoms with van der Waals surface area (Å²) in [4.78, 5) is 28.0. The van der Waals surface area contributed by atoms with Crippen LogP contribution in [0, 0.1) is 11.6 Å². The second-order valence-corrected chi connectivity index (χ2v) is 10.7. The van der Waals surface area contributed by atoms with Crippen molar-refractivity contribution in [1.29, 1.82) is 0 Å². The fourth-order valence-corrected chi connectivity index (χ4v) is 5.21. The van der Waals surface area contributed by atoms with Gasteiger partial charge in [-0.15, -0.1) is 0 Å². The van der Waals surface area contributed by atoms with Crippen molar-refractivity contribution >= 4 is 23.2 Å². The number of carbonyl (C=O) groups is 1. The molecule has 224 valence electrons. The molecular formula is C29H31F5N6O2. The first-order valence-corrected chi connectivity index (χ1v) is 13.6. The van der Waals surface area contributed by atoms with Crippen LogP contribution in [-0.4, -0.2) is 79.3 Å². The molecule has 2 aliphatic heterocycles. The van der Waals surface area contributed by atoms with Crippen LogP contribution in [0.3, 0.4) is 0 Å². The zero-order chi connectivity index (χ0) is 30.2. The molecule has 0 spiro atoms. The van der Waals surface area contributed by atoms with E-state index in [2.05, 4.69) is 20.2 Å². The van der Waals surface area contributed by atoms with Crippen LogP contribution < -0.4 is 15.1 Å². The minimum Gasteiger partial charge on any atom is -0.378 e. The number of piperazine rings is 1. The summed E-state index contributed by atoms with van der Waals surface area (Å²) in [6, 6.07) is 4.53. The molecule has 13 heteroatoms. The van der Waals surface area contributed by atoms with Crippen LogP contribution in [0.25, 0.3) is 11.1 Å².